The van der Waals surface area contributed by atoms with Gasteiger partial charge in [-0.25, -0.2) is 10.3 Å². The molecule has 1 saturated heterocycles. The predicted molar refractivity (Wildman–Crippen MR) is 95.9 cm³/mol. The molecule has 0 bridgehead atoms. The summed E-state index contributed by atoms with van der Waals surface area (Å²) < 4.78 is 5.06. The number of benzene rings is 2. The first-order chi connectivity index (χ1) is 12.5. The third-order valence-corrected chi connectivity index (χ3v) is 4.29. The molecule has 7 nitrogen and oxygen atoms in total. The number of nitrogens with zero attached hydrogens (tertiary/aromatic N) is 1. The Kier molecular flexibility index (Phi) is 5.20. The van der Waals surface area contributed by atoms with Gasteiger partial charge in [-0.3, -0.25) is 19.8 Å². The highest BCUT2D eigenvalue weighted by Crippen LogP contribution is 2.25. The third kappa shape index (κ3) is 3.54. The summed E-state index contributed by atoms with van der Waals surface area (Å²) in [5.41, 5.74) is 5.76. The lowest BCUT2D eigenvalue weighted by molar-refractivity contribution is -0.121. The van der Waals surface area contributed by atoms with E-state index in [2.05, 4.69) is 10.9 Å². The number of ether oxygens (including phenoxy) is 1. The van der Waals surface area contributed by atoms with Crippen LogP contribution in [0.4, 0.5) is 5.69 Å². The molecule has 134 valence electrons. The van der Waals surface area contributed by atoms with Crippen LogP contribution in [-0.2, 0) is 9.59 Å². The van der Waals surface area contributed by atoms with E-state index in [-0.39, 0.29) is 17.9 Å². The van der Waals surface area contributed by atoms with E-state index in [9.17, 15) is 14.4 Å². The Morgan fingerprint density at radius 2 is 1.85 bits per heavy atom. The van der Waals surface area contributed by atoms with Gasteiger partial charge < -0.3 is 4.74 Å². The van der Waals surface area contributed by atoms with E-state index < -0.39 is 17.9 Å². The van der Waals surface area contributed by atoms with Crippen LogP contribution < -0.4 is 20.5 Å². The normalized spacial score (nSPS) is 16.7. The van der Waals surface area contributed by atoms with Crippen LogP contribution in [0.5, 0.6) is 5.75 Å². The Balaban J connectivity index is 1.67. The van der Waals surface area contributed by atoms with Crippen LogP contribution in [0, 0.1) is 0 Å². The van der Waals surface area contributed by atoms with Crippen molar-refractivity contribution in [1.82, 2.24) is 10.9 Å². The molecule has 2 aromatic carbocycles. The number of imide groups is 1. The number of carbonyl (C=O) groups excluding carboxylic acids is 3. The fraction of sp³-hybridized carbons (Fsp3) is 0.167. The first kappa shape index (κ1) is 17.9. The van der Waals surface area contributed by atoms with Gasteiger partial charge in [0, 0.05) is 0 Å². The molecule has 1 fully saturated rings. The number of hydrogen-bond donors (Lipinski definition) is 2. The van der Waals surface area contributed by atoms with Gasteiger partial charge in [0.2, 0.25) is 5.91 Å². The van der Waals surface area contributed by atoms with E-state index >= 15 is 0 Å². The number of hydrogen-bond acceptors (Lipinski definition) is 5. The zero-order valence-electron chi connectivity index (χ0n) is 13.9. The Labute approximate surface area is 154 Å². The summed E-state index contributed by atoms with van der Waals surface area (Å²) in [5.74, 6) is -0.669. The third-order valence-electron chi connectivity index (χ3n) is 3.96. The van der Waals surface area contributed by atoms with Crippen molar-refractivity contribution in [2.75, 3.05) is 12.0 Å². The van der Waals surface area contributed by atoms with Gasteiger partial charge in [-0.1, -0.05) is 23.7 Å². The van der Waals surface area contributed by atoms with Gasteiger partial charge in [-0.2, -0.15) is 0 Å². The molecule has 1 heterocycles. The van der Waals surface area contributed by atoms with Crippen molar-refractivity contribution in [3.05, 3.63) is 59.1 Å². The fourth-order valence-electron chi connectivity index (χ4n) is 2.61. The summed E-state index contributed by atoms with van der Waals surface area (Å²) in [6.07, 6.45) is -0.0618. The van der Waals surface area contributed by atoms with Crippen LogP contribution in [-0.4, -0.2) is 30.9 Å². The standard InChI is InChI=1S/C18H16ClN3O4/c1-26-12-8-6-11(7-9-12)22-16(23)10-15(18(22)25)20-21-17(24)13-4-2-3-5-14(13)19/h2-9,15,20H,10H2,1H3,(H,21,24)/t15-/m0/s1. The van der Waals surface area contributed by atoms with Gasteiger partial charge in [0.15, 0.2) is 0 Å². The molecule has 0 unspecified atom stereocenters. The maximum Gasteiger partial charge on any atom is 0.266 e. The highest BCUT2D eigenvalue weighted by molar-refractivity contribution is 6.33. The van der Waals surface area contributed by atoms with Crippen LogP contribution >= 0.6 is 11.6 Å². The molecular weight excluding hydrogens is 358 g/mol. The number of methoxy groups -OCH3 is 1. The number of nitrogens with one attached hydrogen (secondary N) is 2. The van der Waals surface area contributed by atoms with Crippen molar-refractivity contribution in [2.24, 2.45) is 0 Å². The lowest BCUT2D eigenvalue weighted by atomic mass is 10.2. The van der Waals surface area contributed by atoms with E-state index in [1.807, 2.05) is 0 Å². The van der Waals surface area contributed by atoms with E-state index in [1.54, 1.807) is 48.5 Å². The second-order valence-electron chi connectivity index (χ2n) is 5.60. The molecule has 26 heavy (non-hydrogen) atoms. The lowest BCUT2D eigenvalue weighted by Gasteiger charge is -2.16. The zero-order chi connectivity index (χ0) is 18.7. The monoisotopic (exact) mass is 373 g/mol. The zero-order valence-corrected chi connectivity index (χ0v) is 14.6. The summed E-state index contributed by atoms with van der Waals surface area (Å²) in [5, 5.41) is 0.292. The molecular formula is C18H16ClN3O4. The average Bonchev–Trinajstić information content (AvgIpc) is 2.93. The SMILES string of the molecule is COc1ccc(N2C(=O)C[C@H](NNC(=O)c3ccccc3Cl)C2=O)cc1. The summed E-state index contributed by atoms with van der Waals surface area (Å²) >= 11 is 5.97. The summed E-state index contributed by atoms with van der Waals surface area (Å²) in [7, 11) is 1.53. The molecule has 0 aliphatic carbocycles. The van der Waals surface area contributed by atoms with Gasteiger partial charge in [0.25, 0.3) is 11.8 Å². The largest absolute Gasteiger partial charge is 0.497 e. The molecule has 0 spiro atoms. The highest BCUT2D eigenvalue weighted by Gasteiger charge is 2.39. The van der Waals surface area contributed by atoms with E-state index in [1.165, 1.54) is 7.11 Å². The smallest absolute Gasteiger partial charge is 0.266 e. The van der Waals surface area contributed by atoms with Gasteiger partial charge in [-0.05, 0) is 36.4 Å². The van der Waals surface area contributed by atoms with Crippen LogP contribution in [0.1, 0.15) is 16.8 Å². The molecule has 3 amide bonds. The minimum atomic E-state index is -0.851. The molecule has 1 aliphatic rings. The van der Waals surface area contributed by atoms with Crippen molar-refractivity contribution in [3.8, 4) is 5.75 Å². The minimum Gasteiger partial charge on any atom is -0.497 e. The maximum absolute atomic E-state index is 12.5. The molecule has 1 aliphatic heterocycles. The molecule has 0 saturated carbocycles. The van der Waals surface area contributed by atoms with Crippen molar-refractivity contribution >= 4 is 35.0 Å². The summed E-state index contributed by atoms with van der Waals surface area (Å²) in [6, 6.07) is 12.3. The Morgan fingerprint density at radius 3 is 2.50 bits per heavy atom. The lowest BCUT2D eigenvalue weighted by Crippen LogP contribution is -2.48. The topological polar surface area (TPSA) is 87.7 Å². The number of anilines is 1. The number of rotatable bonds is 5. The first-order valence-corrected chi connectivity index (χ1v) is 8.20. The summed E-state index contributed by atoms with van der Waals surface area (Å²) in [6.45, 7) is 0. The fourth-order valence-corrected chi connectivity index (χ4v) is 2.83. The van der Waals surface area contributed by atoms with Crippen molar-refractivity contribution in [2.45, 2.75) is 12.5 Å². The second kappa shape index (κ2) is 7.55. The van der Waals surface area contributed by atoms with Crippen molar-refractivity contribution in [3.63, 3.8) is 0 Å². The Bertz CT molecular complexity index is 854. The second-order valence-corrected chi connectivity index (χ2v) is 6.01. The van der Waals surface area contributed by atoms with Crippen LogP contribution in [0.25, 0.3) is 0 Å². The molecule has 2 N–H and O–H groups in total. The Hall–Kier alpha value is -2.90. The number of carbonyl (C=O) groups is 3. The molecule has 2 aromatic rings. The minimum absolute atomic E-state index is 0.0618. The molecule has 0 radical (unpaired) electrons. The van der Waals surface area contributed by atoms with Crippen molar-refractivity contribution in [1.29, 1.82) is 0 Å². The highest BCUT2D eigenvalue weighted by atomic mass is 35.5. The van der Waals surface area contributed by atoms with Gasteiger partial charge in [0.05, 0.1) is 29.8 Å². The quantitative estimate of drug-likeness (QED) is 0.617. The van der Waals surface area contributed by atoms with E-state index in [0.717, 1.165) is 4.90 Å². The number of hydrazine groups is 1. The molecule has 3 rings (SSSR count). The molecule has 0 aromatic heterocycles. The summed E-state index contributed by atoms with van der Waals surface area (Å²) in [4.78, 5) is 38.0. The van der Waals surface area contributed by atoms with Gasteiger partial charge >= 0.3 is 0 Å². The van der Waals surface area contributed by atoms with Crippen LogP contribution in [0.2, 0.25) is 5.02 Å². The number of amides is 3. The number of halogens is 1. The van der Waals surface area contributed by atoms with E-state index in [0.29, 0.717) is 16.5 Å². The van der Waals surface area contributed by atoms with Crippen LogP contribution in [0.15, 0.2) is 48.5 Å². The Morgan fingerprint density at radius 1 is 1.15 bits per heavy atom. The van der Waals surface area contributed by atoms with E-state index in [4.69, 9.17) is 16.3 Å². The molecule has 1 atom stereocenters. The van der Waals surface area contributed by atoms with Crippen LogP contribution in [0.3, 0.4) is 0 Å². The molecule has 8 heteroatoms. The average molecular weight is 374 g/mol. The van der Waals surface area contributed by atoms with Crippen molar-refractivity contribution < 1.29 is 19.1 Å². The van der Waals surface area contributed by atoms with Gasteiger partial charge in [-0.15, -0.1) is 0 Å². The first-order valence-electron chi connectivity index (χ1n) is 7.82. The van der Waals surface area contributed by atoms with Gasteiger partial charge in [0.1, 0.15) is 11.8 Å². The predicted octanol–water partition coefficient (Wildman–Crippen LogP) is 1.92. The maximum atomic E-state index is 12.5.